The molecule has 0 saturated carbocycles. The molecule has 15 heavy (non-hydrogen) atoms. The molecule has 0 aromatic rings. The topological polar surface area (TPSA) is 26.3 Å². The van der Waals surface area contributed by atoms with Crippen LogP contribution >= 0.6 is 31.9 Å². The Balaban J connectivity index is 2.54. The zero-order valence-corrected chi connectivity index (χ0v) is 11.9. The summed E-state index contributed by atoms with van der Waals surface area (Å²) >= 11 is 6.46. The van der Waals surface area contributed by atoms with E-state index in [-0.39, 0.29) is 5.97 Å². The SMILES string of the molecule is CCCCCCC1=C(Br)C(=O)O/C1=C/Br. The van der Waals surface area contributed by atoms with Crippen LogP contribution in [-0.4, -0.2) is 5.97 Å². The minimum absolute atomic E-state index is 0.286. The Labute approximate surface area is 107 Å². The zero-order valence-electron chi connectivity index (χ0n) is 8.69. The molecule has 0 aromatic carbocycles. The molecule has 2 nitrogen and oxygen atoms in total. The van der Waals surface area contributed by atoms with Crippen LogP contribution in [0, 0.1) is 0 Å². The Morgan fingerprint density at radius 2 is 2.07 bits per heavy atom. The molecule has 1 aliphatic rings. The third kappa shape index (κ3) is 3.45. The van der Waals surface area contributed by atoms with E-state index in [1.54, 1.807) is 4.99 Å². The van der Waals surface area contributed by atoms with Crippen molar-refractivity contribution >= 4 is 37.8 Å². The van der Waals surface area contributed by atoms with Crippen LogP contribution in [0.3, 0.4) is 0 Å². The third-order valence-electron chi connectivity index (χ3n) is 2.32. The maximum Gasteiger partial charge on any atom is 0.351 e. The molecule has 0 fully saturated rings. The van der Waals surface area contributed by atoms with Gasteiger partial charge in [-0.05, 0) is 28.8 Å². The number of carbonyl (C=O) groups excluding carboxylic acids is 1. The van der Waals surface area contributed by atoms with E-state index in [0.29, 0.717) is 10.2 Å². The number of carbonyl (C=O) groups is 1. The summed E-state index contributed by atoms with van der Waals surface area (Å²) in [7, 11) is 0. The second-order valence-corrected chi connectivity index (χ2v) is 4.72. The summed E-state index contributed by atoms with van der Waals surface area (Å²) in [4.78, 5) is 12.9. The van der Waals surface area contributed by atoms with Gasteiger partial charge in [0.2, 0.25) is 0 Å². The van der Waals surface area contributed by atoms with Crippen molar-refractivity contribution in [3.63, 3.8) is 0 Å². The van der Waals surface area contributed by atoms with Gasteiger partial charge in [0, 0.05) is 10.6 Å². The van der Waals surface area contributed by atoms with E-state index in [4.69, 9.17) is 4.74 Å². The lowest BCUT2D eigenvalue weighted by Gasteiger charge is -2.02. The Morgan fingerprint density at radius 1 is 1.33 bits per heavy atom. The van der Waals surface area contributed by atoms with Gasteiger partial charge in [-0.1, -0.05) is 42.1 Å². The first-order valence-corrected chi connectivity index (χ1v) is 6.83. The maximum atomic E-state index is 11.3. The largest absolute Gasteiger partial charge is 0.422 e. The summed E-state index contributed by atoms with van der Waals surface area (Å²) in [5.41, 5.74) is 0.980. The highest BCUT2D eigenvalue weighted by Crippen LogP contribution is 2.34. The van der Waals surface area contributed by atoms with Gasteiger partial charge in [0.05, 0.1) is 0 Å². The van der Waals surface area contributed by atoms with Gasteiger partial charge >= 0.3 is 5.97 Å². The highest BCUT2D eigenvalue weighted by Gasteiger charge is 2.26. The number of unbranched alkanes of at least 4 members (excludes halogenated alkanes) is 3. The van der Waals surface area contributed by atoms with Crippen molar-refractivity contribution in [3.05, 3.63) is 20.8 Å². The fourth-order valence-corrected chi connectivity index (χ4v) is 2.33. The van der Waals surface area contributed by atoms with E-state index in [0.717, 1.165) is 18.4 Å². The Kier molecular flexibility index (Phi) is 5.61. The molecule has 0 bridgehead atoms. The van der Waals surface area contributed by atoms with Crippen molar-refractivity contribution < 1.29 is 9.53 Å². The lowest BCUT2D eigenvalue weighted by Crippen LogP contribution is -1.92. The van der Waals surface area contributed by atoms with E-state index < -0.39 is 0 Å². The van der Waals surface area contributed by atoms with Gasteiger partial charge in [0.15, 0.2) is 0 Å². The van der Waals surface area contributed by atoms with Gasteiger partial charge in [0.1, 0.15) is 10.2 Å². The fraction of sp³-hybridized carbons (Fsp3) is 0.545. The monoisotopic (exact) mass is 336 g/mol. The van der Waals surface area contributed by atoms with Gasteiger partial charge in [-0.2, -0.15) is 0 Å². The Hall–Kier alpha value is -0.0900. The molecule has 0 spiro atoms. The van der Waals surface area contributed by atoms with E-state index in [1.165, 1.54) is 19.3 Å². The third-order valence-corrected chi connectivity index (χ3v) is 3.54. The number of ether oxygens (including phenoxy) is 1. The summed E-state index contributed by atoms with van der Waals surface area (Å²) in [5, 5.41) is 0. The molecule has 0 amide bonds. The van der Waals surface area contributed by atoms with Crippen LogP contribution in [0.5, 0.6) is 0 Å². The molecule has 0 aliphatic carbocycles. The first kappa shape index (κ1) is 13.0. The van der Waals surface area contributed by atoms with Crippen LogP contribution in [0.15, 0.2) is 20.8 Å². The van der Waals surface area contributed by atoms with Crippen LogP contribution in [0.25, 0.3) is 0 Å². The molecular formula is C11H14Br2O2. The summed E-state index contributed by atoms with van der Waals surface area (Å²) in [6, 6.07) is 0. The quantitative estimate of drug-likeness (QED) is 0.549. The van der Waals surface area contributed by atoms with Crippen LogP contribution in [0.4, 0.5) is 0 Å². The fourth-order valence-electron chi connectivity index (χ4n) is 1.49. The molecular weight excluding hydrogens is 324 g/mol. The first-order valence-electron chi connectivity index (χ1n) is 5.12. The van der Waals surface area contributed by atoms with E-state index in [9.17, 15) is 4.79 Å². The number of hydrogen-bond acceptors (Lipinski definition) is 2. The number of esters is 1. The van der Waals surface area contributed by atoms with E-state index in [1.807, 2.05) is 0 Å². The second kappa shape index (κ2) is 6.48. The van der Waals surface area contributed by atoms with Crippen LogP contribution in [0.2, 0.25) is 0 Å². The van der Waals surface area contributed by atoms with Gasteiger partial charge in [0.25, 0.3) is 0 Å². The van der Waals surface area contributed by atoms with Crippen molar-refractivity contribution in [2.45, 2.75) is 39.0 Å². The highest BCUT2D eigenvalue weighted by atomic mass is 79.9. The average molecular weight is 338 g/mol. The summed E-state index contributed by atoms with van der Waals surface area (Å²) in [5.74, 6) is 0.356. The number of allylic oxidation sites excluding steroid dienone is 1. The second-order valence-electron chi connectivity index (χ2n) is 3.47. The molecule has 0 aromatic heterocycles. The molecule has 4 heteroatoms. The summed E-state index contributed by atoms with van der Waals surface area (Å²) in [6.07, 6.45) is 5.65. The molecule has 84 valence electrons. The Bertz CT molecular complexity index is 306. The Morgan fingerprint density at radius 3 is 2.67 bits per heavy atom. The van der Waals surface area contributed by atoms with Crippen LogP contribution in [0.1, 0.15) is 39.0 Å². The number of rotatable bonds is 5. The molecule has 1 heterocycles. The van der Waals surface area contributed by atoms with E-state index >= 15 is 0 Å². The molecule has 0 radical (unpaired) electrons. The molecule has 1 rings (SSSR count). The van der Waals surface area contributed by atoms with Crippen molar-refractivity contribution in [1.82, 2.24) is 0 Å². The maximum absolute atomic E-state index is 11.3. The molecule has 1 aliphatic heterocycles. The normalized spacial score (nSPS) is 18.9. The lowest BCUT2D eigenvalue weighted by molar-refractivity contribution is -0.132. The van der Waals surface area contributed by atoms with E-state index in [2.05, 4.69) is 38.8 Å². The summed E-state index contributed by atoms with van der Waals surface area (Å²) < 4.78 is 5.62. The molecule has 0 atom stereocenters. The molecule has 0 saturated heterocycles. The van der Waals surface area contributed by atoms with Gasteiger partial charge in [-0.3, -0.25) is 0 Å². The van der Waals surface area contributed by atoms with Crippen molar-refractivity contribution in [1.29, 1.82) is 0 Å². The summed E-state index contributed by atoms with van der Waals surface area (Å²) in [6.45, 7) is 2.18. The van der Waals surface area contributed by atoms with Gasteiger partial charge in [-0.15, -0.1) is 0 Å². The smallest absolute Gasteiger partial charge is 0.351 e. The van der Waals surface area contributed by atoms with Gasteiger partial charge in [-0.25, -0.2) is 4.79 Å². The van der Waals surface area contributed by atoms with Crippen molar-refractivity contribution in [3.8, 4) is 0 Å². The van der Waals surface area contributed by atoms with Gasteiger partial charge < -0.3 is 4.74 Å². The lowest BCUT2D eigenvalue weighted by atomic mass is 10.1. The van der Waals surface area contributed by atoms with Crippen LogP contribution < -0.4 is 0 Å². The van der Waals surface area contributed by atoms with Crippen LogP contribution in [-0.2, 0) is 9.53 Å². The standard InChI is InChI=1S/C11H14Br2O2/c1-2-3-4-5-6-8-9(7-12)15-11(14)10(8)13/h7H,2-6H2,1H3/b9-7+. The molecule has 0 unspecified atom stereocenters. The minimum atomic E-state index is -0.286. The number of halogens is 2. The predicted octanol–water partition coefficient (Wildman–Crippen LogP) is 4.40. The van der Waals surface area contributed by atoms with Crippen molar-refractivity contribution in [2.24, 2.45) is 0 Å². The predicted molar refractivity (Wildman–Crippen MR) is 67.8 cm³/mol. The minimum Gasteiger partial charge on any atom is -0.422 e. The number of hydrogen-bond donors (Lipinski definition) is 0. The average Bonchev–Trinajstić information content (AvgIpc) is 2.51. The molecule has 0 N–H and O–H groups in total. The number of cyclic esters (lactones) is 1. The highest BCUT2D eigenvalue weighted by molar-refractivity contribution is 9.12. The first-order chi connectivity index (χ1) is 7.20. The zero-order chi connectivity index (χ0) is 11.3. The van der Waals surface area contributed by atoms with Crippen molar-refractivity contribution in [2.75, 3.05) is 0 Å².